The quantitative estimate of drug-likeness (QED) is 0.237. The first-order valence-corrected chi connectivity index (χ1v) is 9.78. The van der Waals surface area contributed by atoms with Gasteiger partial charge in [-0.05, 0) is 48.2 Å². The van der Waals surface area contributed by atoms with Crippen LogP contribution in [0.2, 0.25) is 0 Å². The van der Waals surface area contributed by atoms with Crippen LogP contribution in [-0.2, 0) is 9.59 Å². The molecular weight excluding hydrogens is 398 g/mol. The molecule has 0 saturated carbocycles. The molecule has 31 heavy (non-hydrogen) atoms. The minimum Gasteiger partial charge on any atom is -0.497 e. The van der Waals surface area contributed by atoms with E-state index in [0.717, 1.165) is 11.1 Å². The second-order valence-corrected chi connectivity index (χ2v) is 6.89. The number of carbonyl (C=O) groups excluding carboxylic acids is 2. The van der Waals surface area contributed by atoms with Crippen molar-refractivity contribution in [3.8, 4) is 11.5 Å². The molecule has 0 bridgehead atoms. The van der Waals surface area contributed by atoms with Crippen molar-refractivity contribution in [3.63, 3.8) is 0 Å². The van der Waals surface area contributed by atoms with Crippen molar-refractivity contribution in [1.82, 2.24) is 5.32 Å². The second-order valence-electron chi connectivity index (χ2n) is 6.89. The topological polar surface area (TPSA) is 155 Å². The number of nitrogens with zero attached hydrogens (tertiary/aromatic N) is 1. The number of aliphatic imine (C=N–C) groups is 1. The zero-order chi connectivity index (χ0) is 22.8. The first-order valence-electron chi connectivity index (χ1n) is 9.78. The van der Waals surface area contributed by atoms with E-state index in [2.05, 4.69) is 10.3 Å². The molecule has 7 N–H and O–H groups in total. The maximum Gasteiger partial charge on any atom is 0.240 e. The Hall–Kier alpha value is -3.75. The third-order valence-corrected chi connectivity index (χ3v) is 4.77. The van der Waals surface area contributed by atoms with Crippen molar-refractivity contribution in [2.75, 3.05) is 20.8 Å². The van der Waals surface area contributed by atoms with E-state index in [9.17, 15) is 9.59 Å². The molecule has 166 valence electrons. The lowest BCUT2D eigenvalue weighted by Crippen LogP contribution is -2.46. The lowest BCUT2D eigenvalue weighted by molar-refractivity contribution is -0.127. The predicted octanol–water partition coefficient (Wildman–Crippen LogP) is 0.859. The number of methoxy groups -OCH3 is 2. The Labute approximate surface area is 181 Å². The number of hydrogen-bond donors (Lipinski definition) is 4. The Bertz CT molecular complexity index is 846. The van der Waals surface area contributed by atoms with Crippen LogP contribution in [0.3, 0.4) is 0 Å². The molecule has 2 amide bonds. The maximum absolute atomic E-state index is 13.3. The lowest BCUT2D eigenvalue weighted by Gasteiger charge is -2.22. The number of primary amides is 1. The van der Waals surface area contributed by atoms with Gasteiger partial charge >= 0.3 is 0 Å². The molecule has 0 spiro atoms. The summed E-state index contributed by atoms with van der Waals surface area (Å²) in [6.07, 6.45) is 0.803. The maximum atomic E-state index is 13.3. The number of ether oxygens (including phenoxy) is 2. The van der Waals surface area contributed by atoms with Gasteiger partial charge in [-0.3, -0.25) is 14.6 Å². The molecule has 0 aliphatic rings. The fourth-order valence-electron chi connectivity index (χ4n) is 3.13. The van der Waals surface area contributed by atoms with Gasteiger partial charge in [-0.25, -0.2) is 0 Å². The Kier molecular flexibility index (Phi) is 8.68. The van der Waals surface area contributed by atoms with Crippen LogP contribution in [0.4, 0.5) is 0 Å². The second kappa shape index (κ2) is 11.4. The van der Waals surface area contributed by atoms with Gasteiger partial charge in [0.15, 0.2) is 5.96 Å². The summed E-state index contributed by atoms with van der Waals surface area (Å²) in [5.74, 6) is -0.308. The molecular formula is C22H29N5O4. The van der Waals surface area contributed by atoms with E-state index < -0.39 is 17.9 Å². The highest BCUT2D eigenvalue weighted by Gasteiger charge is 2.27. The molecule has 9 heteroatoms. The Morgan fingerprint density at radius 2 is 1.39 bits per heavy atom. The molecule has 0 unspecified atom stereocenters. The molecule has 2 aromatic rings. The summed E-state index contributed by atoms with van der Waals surface area (Å²) in [4.78, 5) is 29.1. The number of carbonyl (C=O) groups is 2. The van der Waals surface area contributed by atoms with Crippen molar-refractivity contribution >= 4 is 17.8 Å². The van der Waals surface area contributed by atoms with E-state index in [1.165, 1.54) is 0 Å². The molecule has 0 heterocycles. The number of guanidine groups is 1. The van der Waals surface area contributed by atoms with Gasteiger partial charge in [0, 0.05) is 6.54 Å². The van der Waals surface area contributed by atoms with E-state index in [1.807, 2.05) is 24.3 Å². The van der Waals surface area contributed by atoms with E-state index >= 15 is 0 Å². The van der Waals surface area contributed by atoms with Crippen LogP contribution in [0.25, 0.3) is 0 Å². The number of nitrogens with one attached hydrogen (secondary N) is 1. The zero-order valence-electron chi connectivity index (χ0n) is 17.7. The summed E-state index contributed by atoms with van der Waals surface area (Å²) in [6.45, 7) is 0.336. The van der Waals surface area contributed by atoms with Gasteiger partial charge in [-0.15, -0.1) is 0 Å². The molecule has 0 aromatic heterocycles. The van der Waals surface area contributed by atoms with Gasteiger partial charge in [-0.1, -0.05) is 24.3 Å². The minimum atomic E-state index is -0.847. The molecule has 0 fully saturated rings. The highest BCUT2D eigenvalue weighted by atomic mass is 16.5. The first-order chi connectivity index (χ1) is 14.8. The van der Waals surface area contributed by atoms with Crippen molar-refractivity contribution < 1.29 is 19.1 Å². The van der Waals surface area contributed by atoms with Crippen molar-refractivity contribution in [2.45, 2.75) is 24.8 Å². The van der Waals surface area contributed by atoms with Crippen molar-refractivity contribution in [2.24, 2.45) is 22.2 Å². The van der Waals surface area contributed by atoms with Gasteiger partial charge in [0.25, 0.3) is 0 Å². The first kappa shape index (κ1) is 23.5. The van der Waals surface area contributed by atoms with Gasteiger partial charge in [0.1, 0.15) is 17.5 Å². The average molecular weight is 428 g/mol. The van der Waals surface area contributed by atoms with Crippen molar-refractivity contribution in [1.29, 1.82) is 0 Å². The molecule has 9 nitrogen and oxygen atoms in total. The third-order valence-electron chi connectivity index (χ3n) is 4.77. The number of nitrogens with two attached hydrogens (primary N) is 3. The van der Waals surface area contributed by atoms with Gasteiger partial charge in [0.05, 0.1) is 20.1 Å². The summed E-state index contributed by atoms with van der Waals surface area (Å²) >= 11 is 0. The standard InChI is InChI=1S/C22H29N5O4/c1-30-16-9-5-14(6-10-16)19(15-7-11-17(31-2)12-8-15)21(29)27-18(20(23)28)4-3-13-26-22(24)25/h5-12,18-19H,3-4,13H2,1-2H3,(H2,23,28)(H,27,29)(H4,24,25,26)/t18-/m0/s1. The van der Waals surface area contributed by atoms with Crippen LogP contribution < -0.4 is 32.0 Å². The van der Waals surface area contributed by atoms with E-state index in [4.69, 9.17) is 26.7 Å². The fraction of sp³-hybridized carbons (Fsp3) is 0.318. The third kappa shape index (κ3) is 6.91. The van der Waals surface area contributed by atoms with Crippen LogP contribution in [0.1, 0.15) is 29.9 Å². The van der Waals surface area contributed by atoms with Crippen LogP contribution in [0.15, 0.2) is 53.5 Å². The molecule has 0 aliphatic carbocycles. The Morgan fingerprint density at radius 1 is 0.903 bits per heavy atom. The van der Waals surface area contributed by atoms with Gasteiger partial charge in [0.2, 0.25) is 11.8 Å². The van der Waals surface area contributed by atoms with Gasteiger partial charge in [-0.2, -0.15) is 0 Å². The summed E-state index contributed by atoms with van der Waals surface area (Å²) < 4.78 is 10.4. The van der Waals surface area contributed by atoms with Crippen molar-refractivity contribution in [3.05, 3.63) is 59.7 Å². The largest absolute Gasteiger partial charge is 0.497 e. The highest BCUT2D eigenvalue weighted by molar-refractivity contribution is 5.92. The zero-order valence-corrected chi connectivity index (χ0v) is 17.7. The Morgan fingerprint density at radius 3 is 1.77 bits per heavy atom. The van der Waals surface area contributed by atoms with Crippen LogP contribution in [0.5, 0.6) is 11.5 Å². The Balaban J connectivity index is 2.26. The SMILES string of the molecule is COc1ccc(C(C(=O)N[C@@H](CCCN=C(N)N)C(N)=O)c2ccc(OC)cc2)cc1. The summed E-state index contributed by atoms with van der Waals surface area (Å²) in [5.41, 5.74) is 17.6. The monoisotopic (exact) mass is 427 g/mol. The van der Waals surface area contributed by atoms with E-state index in [0.29, 0.717) is 30.9 Å². The van der Waals surface area contributed by atoms with Crippen LogP contribution in [0, 0.1) is 0 Å². The number of amides is 2. The highest BCUT2D eigenvalue weighted by Crippen LogP contribution is 2.28. The summed E-state index contributed by atoms with van der Waals surface area (Å²) in [7, 11) is 3.14. The number of benzene rings is 2. The predicted molar refractivity (Wildman–Crippen MR) is 119 cm³/mol. The van der Waals surface area contributed by atoms with Gasteiger partial charge < -0.3 is 32.0 Å². The molecule has 0 aliphatic heterocycles. The molecule has 2 aromatic carbocycles. The smallest absolute Gasteiger partial charge is 0.240 e. The van der Waals surface area contributed by atoms with Crippen LogP contribution >= 0.6 is 0 Å². The normalized spacial score (nSPS) is 11.5. The molecule has 0 saturated heterocycles. The average Bonchev–Trinajstić information content (AvgIpc) is 2.76. The van der Waals surface area contributed by atoms with E-state index in [1.54, 1.807) is 38.5 Å². The summed E-state index contributed by atoms with van der Waals surface area (Å²) in [6, 6.07) is 13.5. The molecule has 1 atom stereocenters. The fourth-order valence-corrected chi connectivity index (χ4v) is 3.13. The summed E-state index contributed by atoms with van der Waals surface area (Å²) in [5, 5.41) is 2.77. The molecule has 2 rings (SSSR count). The number of rotatable bonds is 11. The number of hydrogen-bond acceptors (Lipinski definition) is 5. The minimum absolute atomic E-state index is 0.0289. The molecule has 0 radical (unpaired) electrons. The van der Waals surface area contributed by atoms with Crippen LogP contribution in [-0.4, -0.2) is 44.6 Å². The van der Waals surface area contributed by atoms with E-state index in [-0.39, 0.29) is 11.9 Å². The lowest BCUT2D eigenvalue weighted by atomic mass is 9.90.